The van der Waals surface area contributed by atoms with Crippen LogP contribution in [0.2, 0.25) is 0 Å². The molecule has 0 bridgehead atoms. The molecule has 3 N–H and O–H groups in total. The van der Waals surface area contributed by atoms with E-state index in [1.165, 1.54) is 15.9 Å². The van der Waals surface area contributed by atoms with Crippen LogP contribution in [-0.4, -0.2) is 25.4 Å². The number of H-pyrrole nitrogens is 2. The summed E-state index contributed by atoms with van der Waals surface area (Å²) in [6.45, 7) is 2.15. The molecule has 0 fully saturated rings. The highest BCUT2D eigenvalue weighted by molar-refractivity contribution is 7.14. The third-order valence-corrected chi connectivity index (χ3v) is 5.90. The molecular formula is C22H17N5O3S. The van der Waals surface area contributed by atoms with E-state index in [1.54, 1.807) is 25.1 Å². The van der Waals surface area contributed by atoms with Crippen LogP contribution in [0.15, 0.2) is 63.6 Å². The number of nitrogens with one attached hydrogen (secondary N) is 3. The van der Waals surface area contributed by atoms with Crippen molar-refractivity contribution in [3.05, 3.63) is 80.3 Å². The van der Waals surface area contributed by atoms with Crippen LogP contribution in [-0.2, 0) is 6.54 Å². The summed E-state index contributed by atoms with van der Waals surface area (Å²) in [6, 6.07) is 12.8. The summed E-state index contributed by atoms with van der Waals surface area (Å²) in [7, 11) is 0. The average Bonchev–Trinajstić information content (AvgIpc) is 3.41. The molecule has 0 saturated heterocycles. The van der Waals surface area contributed by atoms with Crippen LogP contribution < -0.4 is 16.4 Å². The smallest absolute Gasteiger partial charge is 0.316 e. The fourth-order valence-electron chi connectivity index (χ4n) is 3.64. The molecule has 9 heteroatoms. The second kappa shape index (κ2) is 7.37. The Bertz CT molecular complexity index is 1570. The lowest BCUT2D eigenvalue weighted by Gasteiger charge is -2.08. The lowest BCUT2D eigenvalue weighted by atomic mass is 10.1. The van der Waals surface area contributed by atoms with Gasteiger partial charge in [-0.25, -0.2) is 4.98 Å². The molecule has 8 nitrogen and oxygen atoms in total. The quantitative estimate of drug-likeness (QED) is 0.378. The van der Waals surface area contributed by atoms with Gasteiger partial charge in [-0.3, -0.25) is 19.7 Å². The minimum Gasteiger partial charge on any atom is -0.360 e. The maximum absolute atomic E-state index is 12.8. The van der Waals surface area contributed by atoms with Gasteiger partial charge in [0, 0.05) is 40.2 Å². The Morgan fingerprint density at radius 3 is 2.84 bits per heavy atom. The summed E-state index contributed by atoms with van der Waals surface area (Å²) in [5, 5.41) is 6.23. The first-order chi connectivity index (χ1) is 15.0. The number of anilines is 1. The van der Waals surface area contributed by atoms with Gasteiger partial charge in [-0.2, -0.15) is 0 Å². The fraction of sp³-hybridized carbons (Fsp3) is 0.0909. The number of para-hydroxylation sites is 1. The maximum atomic E-state index is 12.8. The van der Waals surface area contributed by atoms with E-state index in [9.17, 15) is 14.4 Å². The van der Waals surface area contributed by atoms with Gasteiger partial charge in [0.1, 0.15) is 0 Å². The summed E-state index contributed by atoms with van der Waals surface area (Å²) in [5.41, 5.74) is 2.79. The number of carbonyl (C=O) groups excluding carboxylic acids is 1. The Hall–Kier alpha value is -3.98. The third-order valence-electron chi connectivity index (χ3n) is 5.14. The van der Waals surface area contributed by atoms with Crippen molar-refractivity contribution < 1.29 is 4.79 Å². The molecule has 3 aromatic heterocycles. The van der Waals surface area contributed by atoms with E-state index in [1.807, 2.05) is 35.8 Å². The zero-order valence-electron chi connectivity index (χ0n) is 16.4. The van der Waals surface area contributed by atoms with Crippen LogP contribution in [0.25, 0.3) is 33.2 Å². The van der Waals surface area contributed by atoms with Gasteiger partial charge >= 0.3 is 11.1 Å². The topological polar surface area (TPSA) is 113 Å². The highest BCUT2D eigenvalue weighted by Crippen LogP contribution is 2.31. The van der Waals surface area contributed by atoms with Crippen LogP contribution >= 0.6 is 11.3 Å². The minimum absolute atomic E-state index is 0.350. The number of nitrogens with zero attached hydrogens (tertiary/aromatic N) is 2. The van der Waals surface area contributed by atoms with Crippen molar-refractivity contribution in [3.8, 4) is 11.3 Å². The number of thiazole rings is 1. The highest BCUT2D eigenvalue weighted by atomic mass is 32.1. The summed E-state index contributed by atoms with van der Waals surface area (Å²) in [5.74, 6) is -0.350. The zero-order chi connectivity index (χ0) is 21.5. The molecule has 2 aromatic carbocycles. The van der Waals surface area contributed by atoms with Crippen molar-refractivity contribution >= 4 is 44.3 Å². The Kier molecular flexibility index (Phi) is 4.52. The molecule has 0 spiro atoms. The molecule has 3 heterocycles. The van der Waals surface area contributed by atoms with E-state index in [0.29, 0.717) is 28.3 Å². The second-order valence-electron chi connectivity index (χ2n) is 6.98. The van der Waals surface area contributed by atoms with Gasteiger partial charge in [-0.15, -0.1) is 11.3 Å². The van der Waals surface area contributed by atoms with E-state index < -0.39 is 11.1 Å². The van der Waals surface area contributed by atoms with Gasteiger partial charge in [0.15, 0.2) is 5.13 Å². The SMILES string of the molecule is CCn1c(=O)c(=O)[nH]c2cc(C(=O)Nc3nc(-c4c[nH]c5ccccc45)cs3)ccc21. The standard InChI is InChI=1S/C22H17N5O3S/c1-2-27-18-8-7-12(9-16(18)24-20(29)21(27)30)19(28)26-22-25-17(11-31-22)14-10-23-15-6-4-3-5-13(14)15/h3-11,23H,2H2,1H3,(H,24,29)(H,25,26,28). The molecule has 5 aromatic rings. The number of hydrogen-bond acceptors (Lipinski definition) is 5. The minimum atomic E-state index is -0.713. The number of carbonyl (C=O) groups is 1. The predicted molar refractivity (Wildman–Crippen MR) is 122 cm³/mol. The first-order valence-corrected chi connectivity index (χ1v) is 10.5. The first kappa shape index (κ1) is 19.0. The van der Waals surface area contributed by atoms with E-state index in [2.05, 4.69) is 20.3 Å². The van der Waals surface area contributed by atoms with Gasteiger partial charge < -0.3 is 14.5 Å². The lowest BCUT2D eigenvalue weighted by molar-refractivity contribution is 0.102. The molecule has 154 valence electrons. The van der Waals surface area contributed by atoms with Crippen LogP contribution in [0.4, 0.5) is 5.13 Å². The fourth-order valence-corrected chi connectivity index (χ4v) is 4.35. The number of aromatic amines is 2. The number of benzene rings is 2. The van der Waals surface area contributed by atoms with Gasteiger partial charge in [-0.1, -0.05) is 18.2 Å². The average molecular weight is 431 g/mol. The Morgan fingerprint density at radius 1 is 1.16 bits per heavy atom. The van der Waals surface area contributed by atoms with Crippen molar-refractivity contribution in [2.45, 2.75) is 13.5 Å². The predicted octanol–water partition coefficient (Wildman–Crippen LogP) is 3.57. The second-order valence-corrected chi connectivity index (χ2v) is 7.83. The number of rotatable bonds is 4. The monoisotopic (exact) mass is 431 g/mol. The maximum Gasteiger partial charge on any atom is 0.316 e. The molecule has 0 atom stereocenters. The van der Waals surface area contributed by atoms with Gasteiger partial charge in [0.05, 0.1) is 16.7 Å². The largest absolute Gasteiger partial charge is 0.360 e. The molecule has 0 radical (unpaired) electrons. The van der Waals surface area contributed by atoms with Gasteiger partial charge in [0.25, 0.3) is 5.91 Å². The molecule has 5 rings (SSSR count). The van der Waals surface area contributed by atoms with Crippen LogP contribution in [0, 0.1) is 0 Å². The summed E-state index contributed by atoms with van der Waals surface area (Å²) >= 11 is 1.33. The van der Waals surface area contributed by atoms with E-state index in [-0.39, 0.29) is 5.91 Å². The number of amides is 1. The van der Waals surface area contributed by atoms with Crippen LogP contribution in [0.1, 0.15) is 17.3 Å². The molecule has 0 aliphatic heterocycles. The van der Waals surface area contributed by atoms with E-state index >= 15 is 0 Å². The molecule has 0 saturated carbocycles. The number of hydrogen-bond donors (Lipinski definition) is 3. The number of fused-ring (bicyclic) bond motifs is 2. The van der Waals surface area contributed by atoms with Crippen molar-refractivity contribution in [1.82, 2.24) is 19.5 Å². The molecule has 0 aliphatic rings. The van der Waals surface area contributed by atoms with Crippen LogP contribution in [0.5, 0.6) is 0 Å². The molecule has 31 heavy (non-hydrogen) atoms. The zero-order valence-corrected chi connectivity index (χ0v) is 17.2. The summed E-state index contributed by atoms with van der Waals surface area (Å²) in [6.07, 6.45) is 1.90. The molecular weight excluding hydrogens is 414 g/mol. The van der Waals surface area contributed by atoms with Crippen molar-refractivity contribution in [2.24, 2.45) is 0 Å². The Morgan fingerprint density at radius 2 is 2.00 bits per heavy atom. The molecule has 0 aliphatic carbocycles. The number of aromatic nitrogens is 4. The van der Waals surface area contributed by atoms with Crippen LogP contribution in [0.3, 0.4) is 0 Å². The highest BCUT2D eigenvalue weighted by Gasteiger charge is 2.14. The summed E-state index contributed by atoms with van der Waals surface area (Å²) < 4.78 is 1.38. The normalized spacial score (nSPS) is 11.3. The van der Waals surface area contributed by atoms with E-state index in [0.717, 1.165) is 22.2 Å². The Labute approximate surface area is 179 Å². The van der Waals surface area contributed by atoms with Crippen molar-refractivity contribution in [2.75, 3.05) is 5.32 Å². The lowest BCUT2D eigenvalue weighted by Crippen LogP contribution is -2.36. The van der Waals surface area contributed by atoms with Crippen molar-refractivity contribution in [1.29, 1.82) is 0 Å². The van der Waals surface area contributed by atoms with E-state index in [4.69, 9.17) is 0 Å². The third kappa shape index (κ3) is 3.24. The van der Waals surface area contributed by atoms with Gasteiger partial charge in [-0.05, 0) is 31.2 Å². The van der Waals surface area contributed by atoms with Gasteiger partial charge in [0.2, 0.25) is 0 Å². The molecule has 0 unspecified atom stereocenters. The summed E-state index contributed by atoms with van der Waals surface area (Å²) in [4.78, 5) is 47.0. The number of aryl methyl sites for hydroxylation is 1. The first-order valence-electron chi connectivity index (χ1n) is 9.65. The molecule has 1 amide bonds. The van der Waals surface area contributed by atoms with Crippen molar-refractivity contribution in [3.63, 3.8) is 0 Å². The Balaban J connectivity index is 1.44.